The number of fused-ring (bicyclic) bond motifs is 1. The molecule has 0 saturated carbocycles. The van der Waals surface area contributed by atoms with E-state index in [-0.39, 0.29) is 6.54 Å². The lowest BCUT2D eigenvalue weighted by molar-refractivity contribution is -0.118. The van der Waals surface area contributed by atoms with Crippen LogP contribution in [0.5, 0.6) is 0 Å². The number of anilines is 1. The molecule has 0 aliphatic carbocycles. The number of aryl methyl sites for hydroxylation is 1. The fourth-order valence-corrected chi connectivity index (χ4v) is 4.65. The van der Waals surface area contributed by atoms with Crippen molar-refractivity contribution in [3.05, 3.63) is 69.7 Å². The highest BCUT2D eigenvalue weighted by atomic mass is 35.5. The third kappa shape index (κ3) is 3.51. The van der Waals surface area contributed by atoms with Gasteiger partial charge in [-0.2, -0.15) is 0 Å². The summed E-state index contributed by atoms with van der Waals surface area (Å²) in [5.41, 5.74) is 8.48. The number of nitrogens with zero attached hydrogens (tertiary/aromatic N) is 2. The Labute approximate surface area is 182 Å². The van der Waals surface area contributed by atoms with Crippen molar-refractivity contribution in [1.82, 2.24) is 4.57 Å². The van der Waals surface area contributed by atoms with E-state index in [4.69, 9.17) is 17.3 Å². The van der Waals surface area contributed by atoms with E-state index in [0.29, 0.717) is 15.6 Å². The van der Waals surface area contributed by atoms with Crippen molar-refractivity contribution in [3.8, 4) is 0 Å². The number of rotatable bonds is 5. The number of halogens is 1. The van der Waals surface area contributed by atoms with Gasteiger partial charge in [-0.1, -0.05) is 48.9 Å². The van der Waals surface area contributed by atoms with Crippen LogP contribution in [0.3, 0.4) is 0 Å². The zero-order chi connectivity index (χ0) is 21.4. The standard InChI is InChI=1S/C22H18ClN3O3S/c1-2-13-6-5-7-15-14(11-25(20(13)15)12-19(24)27)10-18-21(28)26(22(29)30-18)17-9-4-3-8-16(17)23/h3-11H,2,12H2,1H3,(H2,24,27)/b18-10-. The first kappa shape index (κ1) is 20.3. The van der Waals surface area contributed by atoms with Crippen LogP contribution in [0.2, 0.25) is 5.02 Å². The van der Waals surface area contributed by atoms with Crippen LogP contribution in [0.25, 0.3) is 17.0 Å². The number of carbonyl (C=O) groups excluding carboxylic acids is 3. The molecular weight excluding hydrogens is 422 g/mol. The number of thioether (sulfide) groups is 1. The Morgan fingerprint density at radius 2 is 1.93 bits per heavy atom. The predicted molar refractivity (Wildman–Crippen MR) is 120 cm³/mol. The molecule has 2 heterocycles. The Morgan fingerprint density at radius 3 is 2.63 bits per heavy atom. The fraction of sp³-hybridized carbons (Fsp3) is 0.136. The molecule has 2 N–H and O–H groups in total. The number of nitrogens with two attached hydrogens (primary N) is 1. The minimum absolute atomic E-state index is 0.0302. The van der Waals surface area contributed by atoms with Gasteiger partial charge in [0.1, 0.15) is 6.54 Å². The van der Waals surface area contributed by atoms with E-state index in [1.54, 1.807) is 41.1 Å². The molecule has 4 rings (SSSR count). The first-order valence-electron chi connectivity index (χ1n) is 9.32. The average molecular weight is 440 g/mol. The normalized spacial score (nSPS) is 15.5. The molecular formula is C22H18ClN3O3S. The predicted octanol–water partition coefficient (Wildman–Crippen LogP) is 4.58. The van der Waals surface area contributed by atoms with Gasteiger partial charge < -0.3 is 10.3 Å². The molecule has 0 atom stereocenters. The van der Waals surface area contributed by atoms with Crippen LogP contribution >= 0.6 is 23.4 Å². The Kier molecular flexibility index (Phi) is 5.40. The minimum Gasteiger partial charge on any atom is -0.368 e. The Balaban J connectivity index is 1.80. The van der Waals surface area contributed by atoms with E-state index in [2.05, 4.69) is 0 Å². The summed E-state index contributed by atoms with van der Waals surface area (Å²) in [5.74, 6) is -0.885. The number of aromatic nitrogens is 1. The van der Waals surface area contributed by atoms with Crippen LogP contribution in [0.4, 0.5) is 10.5 Å². The topological polar surface area (TPSA) is 85.4 Å². The lowest BCUT2D eigenvalue weighted by Gasteiger charge is -2.13. The van der Waals surface area contributed by atoms with Gasteiger partial charge in [0.25, 0.3) is 11.1 Å². The lowest BCUT2D eigenvalue weighted by Crippen LogP contribution is -2.27. The van der Waals surface area contributed by atoms with E-state index in [0.717, 1.165) is 45.1 Å². The number of hydrogen-bond donors (Lipinski definition) is 1. The molecule has 0 bridgehead atoms. The van der Waals surface area contributed by atoms with Gasteiger partial charge in [0.15, 0.2) is 0 Å². The van der Waals surface area contributed by atoms with Gasteiger partial charge in [-0.05, 0) is 42.0 Å². The quantitative estimate of drug-likeness (QED) is 0.589. The highest BCUT2D eigenvalue weighted by Gasteiger charge is 2.37. The molecule has 2 aromatic carbocycles. The molecule has 1 aliphatic rings. The lowest BCUT2D eigenvalue weighted by atomic mass is 10.1. The number of para-hydroxylation sites is 2. The number of hydrogen-bond acceptors (Lipinski definition) is 4. The molecule has 0 spiro atoms. The van der Waals surface area contributed by atoms with E-state index >= 15 is 0 Å². The second kappa shape index (κ2) is 8.01. The maximum Gasteiger partial charge on any atom is 0.298 e. The smallest absolute Gasteiger partial charge is 0.298 e. The second-order valence-electron chi connectivity index (χ2n) is 6.81. The summed E-state index contributed by atoms with van der Waals surface area (Å²) in [5, 5.41) is 0.807. The van der Waals surface area contributed by atoms with Crippen molar-refractivity contribution in [3.63, 3.8) is 0 Å². The highest BCUT2D eigenvalue weighted by molar-refractivity contribution is 8.19. The summed E-state index contributed by atoms with van der Waals surface area (Å²) < 4.78 is 1.79. The molecule has 6 nitrogen and oxygen atoms in total. The van der Waals surface area contributed by atoms with Gasteiger partial charge in [-0.15, -0.1) is 0 Å². The Morgan fingerprint density at radius 1 is 1.17 bits per heavy atom. The van der Waals surface area contributed by atoms with Gasteiger partial charge in [-0.3, -0.25) is 14.4 Å². The molecule has 3 aromatic rings. The molecule has 30 heavy (non-hydrogen) atoms. The van der Waals surface area contributed by atoms with Gasteiger partial charge in [-0.25, -0.2) is 4.90 Å². The summed E-state index contributed by atoms with van der Waals surface area (Å²) in [4.78, 5) is 38.5. The minimum atomic E-state index is -0.455. The Hall–Kier alpha value is -3.03. The maximum absolute atomic E-state index is 13.0. The van der Waals surface area contributed by atoms with Crippen LogP contribution in [0.15, 0.2) is 53.6 Å². The monoisotopic (exact) mass is 439 g/mol. The van der Waals surface area contributed by atoms with Crippen LogP contribution < -0.4 is 10.6 Å². The van der Waals surface area contributed by atoms with Crippen molar-refractivity contribution in [2.75, 3.05) is 4.90 Å². The molecule has 0 radical (unpaired) electrons. The van der Waals surface area contributed by atoms with E-state index < -0.39 is 17.1 Å². The van der Waals surface area contributed by atoms with E-state index in [1.165, 1.54) is 0 Å². The molecule has 152 valence electrons. The highest BCUT2D eigenvalue weighted by Crippen LogP contribution is 2.39. The van der Waals surface area contributed by atoms with Gasteiger partial charge in [0.2, 0.25) is 5.91 Å². The largest absolute Gasteiger partial charge is 0.368 e. The Bertz CT molecular complexity index is 1230. The molecule has 8 heteroatoms. The number of benzene rings is 2. The van der Waals surface area contributed by atoms with Crippen molar-refractivity contribution in [2.45, 2.75) is 19.9 Å². The van der Waals surface area contributed by atoms with Gasteiger partial charge in [0.05, 0.1) is 21.1 Å². The van der Waals surface area contributed by atoms with Crippen molar-refractivity contribution in [2.24, 2.45) is 5.73 Å². The molecule has 1 aromatic heterocycles. The summed E-state index contributed by atoms with van der Waals surface area (Å²) in [6.07, 6.45) is 4.25. The third-order valence-corrected chi connectivity index (χ3v) is 6.08. The van der Waals surface area contributed by atoms with Crippen molar-refractivity contribution in [1.29, 1.82) is 0 Å². The molecule has 1 saturated heterocycles. The number of amides is 3. The molecule has 0 unspecified atom stereocenters. The molecule has 1 aliphatic heterocycles. The summed E-state index contributed by atoms with van der Waals surface area (Å²) in [6, 6.07) is 12.6. The third-order valence-electron chi connectivity index (χ3n) is 4.89. The number of imide groups is 1. The van der Waals surface area contributed by atoms with Gasteiger partial charge >= 0.3 is 0 Å². The average Bonchev–Trinajstić information content (AvgIpc) is 3.19. The zero-order valence-electron chi connectivity index (χ0n) is 16.1. The van der Waals surface area contributed by atoms with E-state index in [9.17, 15) is 14.4 Å². The maximum atomic E-state index is 13.0. The SMILES string of the molecule is CCc1cccc2c(/C=C3\SC(=O)N(c4ccccc4Cl)C3=O)cn(CC(N)=O)c12. The summed E-state index contributed by atoms with van der Waals surface area (Å²) in [7, 11) is 0. The first-order chi connectivity index (χ1) is 14.4. The van der Waals surface area contributed by atoms with Crippen LogP contribution in [0.1, 0.15) is 18.1 Å². The molecule has 3 amide bonds. The van der Waals surface area contributed by atoms with Crippen LogP contribution in [-0.2, 0) is 22.6 Å². The number of primary amides is 1. The van der Waals surface area contributed by atoms with Crippen molar-refractivity contribution >= 4 is 63.1 Å². The summed E-state index contributed by atoms with van der Waals surface area (Å²) in [6.45, 7) is 2.06. The molecule has 1 fully saturated rings. The second-order valence-corrected chi connectivity index (χ2v) is 8.21. The fourth-order valence-electron chi connectivity index (χ4n) is 3.61. The summed E-state index contributed by atoms with van der Waals surface area (Å²) >= 11 is 7.04. The van der Waals surface area contributed by atoms with Gasteiger partial charge in [0, 0.05) is 17.1 Å². The van der Waals surface area contributed by atoms with Crippen LogP contribution in [-0.4, -0.2) is 21.6 Å². The first-order valence-corrected chi connectivity index (χ1v) is 10.5. The van der Waals surface area contributed by atoms with E-state index in [1.807, 2.05) is 25.1 Å². The van der Waals surface area contributed by atoms with Crippen molar-refractivity contribution < 1.29 is 14.4 Å². The van der Waals surface area contributed by atoms with Crippen LogP contribution in [0, 0.1) is 0 Å². The zero-order valence-corrected chi connectivity index (χ0v) is 17.7. The number of carbonyl (C=O) groups is 3.